The first-order valence-corrected chi connectivity index (χ1v) is 5.42. The van der Waals surface area contributed by atoms with Crippen LogP contribution in [0.4, 0.5) is 0 Å². The molecule has 1 fully saturated rings. The first-order valence-electron chi connectivity index (χ1n) is 4.23. The van der Waals surface area contributed by atoms with Crippen LogP contribution in [0, 0.1) is 0 Å². The SMILES string of the molecule is NCCC1(c2ccc(Cl)s2)CC1. The first kappa shape index (κ1) is 8.54. The van der Waals surface area contributed by atoms with Gasteiger partial charge >= 0.3 is 0 Å². The van der Waals surface area contributed by atoms with Crippen molar-refractivity contribution in [2.24, 2.45) is 5.73 Å². The van der Waals surface area contributed by atoms with Crippen LogP contribution in [0.3, 0.4) is 0 Å². The fourth-order valence-corrected chi connectivity index (χ4v) is 2.96. The lowest BCUT2D eigenvalue weighted by atomic mass is 10.0. The van der Waals surface area contributed by atoms with Gasteiger partial charge < -0.3 is 5.73 Å². The van der Waals surface area contributed by atoms with Gasteiger partial charge in [-0.25, -0.2) is 0 Å². The minimum absolute atomic E-state index is 0.423. The number of hydrogen-bond donors (Lipinski definition) is 1. The molecule has 0 aromatic carbocycles. The molecule has 2 N–H and O–H groups in total. The van der Waals surface area contributed by atoms with E-state index in [-0.39, 0.29) is 0 Å². The number of rotatable bonds is 3. The van der Waals surface area contributed by atoms with Gasteiger partial charge in [0.25, 0.3) is 0 Å². The number of nitrogens with two attached hydrogens (primary N) is 1. The van der Waals surface area contributed by atoms with Crippen molar-refractivity contribution < 1.29 is 0 Å². The predicted molar refractivity (Wildman–Crippen MR) is 53.9 cm³/mol. The highest BCUT2D eigenvalue weighted by Gasteiger charge is 2.44. The Balaban J connectivity index is 2.18. The quantitative estimate of drug-likeness (QED) is 0.800. The van der Waals surface area contributed by atoms with Crippen molar-refractivity contribution in [2.45, 2.75) is 24.7 Å². The van der Waals surface area contributed by atoms with E-state index in [9.17, 15) is 0 Å². The van der Waals surface area contributed by atoms with E-state index in [2.05, 4.69) is 6.07 Å². The lowest BCUT2D eigenvalue weighted by molar-refractivity contribution is 0.641. The zero-order chi connectivity index (χ0) is 8.60. The lowest BCUT2D eigenvalue weighted by Crippen LogP contribution is -2.11. The van der Waals surface area contributed by atoms with Gasteiger partial charge in [-0.15, -0.1) is 11.3 Å². The van der Waals surface area contributed by atoms with Crippen molar-refractivity contribution >= 4 is 22.9 Å². The Hall–Kier alpha value is -0.0500. The van der Waals surface area contributed by atoms with Crippen LogP contribution in [-0.2, 0) is 5.41 Å². The van der Waals surface area contributed by atoms with Crippen LogP contribution in [0.5, 0.6) is 0 Å². The molecule has 2 rings (SSSR count). The summed E-state index contributed by atoms with van der Waals surface area (Å²) < 4.78 is 0.897. The lowest BCUT2D eigenvalue weighted by Gasteiger charge is -2.10. The van der Waals surface area contributed by atoms with Crippen molar-refractivity contribution in [3.63, 3.8) is 0 Å². The molecule has 12 heavy (non-hydrogen) atoms. The molecule has 1 aromatic heterocycles. The Labute approximate surface area is 81.5 Å². The zero-order valence-corrected chi connectivity index (χ0v) is 8.42. The molecule has 0 atom stereocenters. The average Bonchev–Trinajstić information content (AvgIpc) is 2.69. The van der Waals surface area contributed by atoms with Crippen LogP contribution < -0.4 is 5.73 Å². The number of thiophene rings is 1. The molecule has 1 nitrogen and oxygen atoms in total. The van der Waals surface area contributed by atoms with Crippen LogP contribution in [0.2, 0.25) is 4.34 Å². The Morgan fingerprint density at radius 1 is 1.50 bits per heavy atom. The molecular weight excluding hydrogens is 190 g/mol. The van der Waals surface area contributed by atoms with Gasteiger partial charge in [0.2, 0.25) is 0 Å². The smallest absolute Gasteiger partial charge is 0.0931 e. The topological polar surface area (TPSA) is 26.0 Å². The zero-order valence-electron chi connectivity index (χ0n) is 6.85. The highest BCUT2D eigenvalue weighted by Crippen LogP contribution is 2.53. The summed E-state index contributed by atoms with van der Waals surface area (Å²) in [5, 5.41) is 0. The Kier molecular flexibility index (Phi) is 2.15. The second-order valence-corrected chi connectivity index (χ2v) is 5.14. The van der Waals surface area contributed by atoms with Gasteiger partial charge in [-0.3, -0.25) is 0 Å². The van der Waals surface area contributed by atoms with Crippen molar-refractivity contribution in [1.82, 2.24) is 0 Å². The normalized spacial score (nSPS) is 19.5. The molecule has 0 radical (unpaired) electrons. The minimum atomic E-state index is 0.423. The fourth-order valence-electron chi connectivity index (χ4n) is 1.65. The minimum Gasteiger partial charge on any atom is -0.330 e. The van der Waals surface area contributed by atoms with Crippen LogP contribution in [-0.4, -0.2) is 6.54 Å². The van der Waals surface area contributed by atoms with Crippen LogP contribution in [0.1, 0.15) is 24.1 Å². The van der Waals surface area contributed by atoms with Crippen LogP contribution in [0.15, 0.2) is 12.1 Å². The van der Waals surface area contributed by atoms with E-state index in [0.717, 1.165) is 17.3 Å². The maximum atomic E-state index is 5.88. The second kappa shape index (κ2) is 3.02. The Morgan fingerprint density at radius 3 is 2.67 bits per heavy atom. The van der Waals surface area contributed by atoms with E-state index in [4.69, 9.17) is 17.3 Å². The molecule has 0 amide bonds. The molecule has 66 valence electrons. The maximum absolute atomic E-state index is 5.88. The number of halogens is 1. The van der Waals surface area contributed by atoms with Crippen molar-refractivity contribution in [2.75, 3.05) is 6.54 Å². The molecule has 0 saturated heterocycles. The molecule has 3 heteroatoms. The van der Waals surface area contributed by atoms with Gasteiger partial charge in [-0.1, -0.05) is 11.6 Å². The van der Waals surface area contributed by atoms with E-state index in [1.54, 1.807) is 11.3 Å². The summed E-state index contributed by atoms with van der Waals surface area (Å²) in [6, 6.07) is 4.13. The molecule has 1 aliphatic carbocycles. The van der Waals surface area contributed by atoms with Crippen molar-refractivity contribution in [1.29, 1.82) is 0 Å². The third-order valence-corrected chi connectivity index (χ3v) is 4.05. The van der Waals surface area contributed by atoms with E-state index >= 15 is 0 Å². The van der Waals surface area contributed by atoms with Gasteiger partial charge in [0.15, 0.2) is 0 Å². The summed E-state index contributed by atoms with van der Waals surface area (Å²) in [5.74, 6) is 0. The van der Waals surface area contributed by atoms with E-state index in [1.165, 1.54) is 17.7 Å². The molecule has 1 saturated carbocycles. The monoisotopic (exact) mass is 201 g/mol. The molecule has 0 aliphatic heterocycles. The van der Waals surface area contributed by atoms with Gasteiger partial charge in [0.1, 0.15) is 0 Å². The van der Waals surface area contributed by atoms with Gasteiger partial charge in [0.05, 0.1) is 4.34 Å². The van der Waals surface area contributed by atoms with E-state index in [0.29, 0.717) is 5.41 Å². The van der Waals surface area contributed by atoms with Gasteiger partial charge in [-0.05, 0) is 37.9 Å². The summed E-state index contributed by atoms with van der Waals surface area (Å²) in [7, 11) is 0. The summed E-state index contributed by atoms with van der Waals surface area (Å²) in [5.41, 5.74) is 5.99. The molecule has 0 bridgehead atoms. The van der Waals surface area contributed by atoms with E-state index in [1.807, 2.05) is 6.07 Å². The summed E-state index contributed by atoms with van der Waals surface area (Å²) >= 11 is 7.59. The Bertz CT molecular complexity index is 278. The highest BCUT2D eigenvalue weighted by atomic mass is 35.5. The average molecular weight is 202 g/mol. The van der Waals surface area contributed by atoms with Gasteiger partial charge in [-0.2, -0.15) is 0 Å². The molecular formula is C9H12ClNS. The molecule has 1 aromatic rings. The highest BCUT2D eigenvalue weighted by molar-refractivity contribution is 7.16. The molecule has 1 heterocycles. The van der Waals surface area contributed by atoms with Crippen LogP contribution in [0.25, 0.3) is 0 Å². The third-order valence-electron chi connectivity index (χ3n) is 2.57. The van der Waals surface area contributed by atoms with Crippen molar-refractivity contribution in [3.05, 3.63) is 21.3 Å². The predicted octanol–water partition coefficient (Wildman–Crippen LogP) is 2.78. The van der Waals surface area contributed by atoms with Gasteiger partial charge in [0, 0.05) is 10.3 Å². The largest absolute Gasteiger partial charge is 0.330 e. The molecule has 1 aliphatic rings. The van der Waals surface area contributed by atoms with E-state index < -0.39 is 0 Å². The second-order valence-electron chi connectivity index (χ2n) is 3.42. The summed E-state index contributed by atoms with van der Waals surface area (Å²) in [4.78, 5) is 1.43. The van der Waals surface area contributed by atoms with Crippen molar-refractivity contribution in [3.8, 4) is 0 Å². The standard InChI is InChI=1S/C9H12ClNS/c10-8-2-1-7(12-8)9(3-4-9)5-6-11/h1-2H,3-6,11H2. The van der Waals surface area contributed by atoms with Crippen LogP contribution >= 0.6 is 22.9 Å². The molecule has 0 spiro atoms. The summed E-state index contributed by atoms with van der Waals surface area (Å²) in [6.45, 7) is 0.787. The third kappa shape index (κ3) is 1.39. The molecule has 0 unspecified atom stereocenters. The maximum Gasteiger partial charge on any atom is 0.0931 e. The Morgan fingerprint density at radius 2 is 2.25 bits per heavy atom. The summed E-state index contributed by atoms with van der Waals surface area (Å²) in [6.07, 6.45) is 3.70. The fraction of sp³-hybridized carbons (Fsp3) is 0.556. The first-order chi connectivity index (χ1) is 5.77. The number of hydrogen-bond acceptors (Lipinski definition) is 2.